The van der Waals surface area contributed by atoms with Gasteiger partial charge in [-0.25, -0.2) is 9.37 Å². The molecule has 2 aliphatic heterocycles. The second-order valence-corrected chi connectivity index (χ2v) is 7.36. The van der Waals surface area contributed by atoms with Crippen LogP contribution in [0.1, 0.15) is 47.6 Å². The van der Waals surface area contributed by atoms with Gasteiger partial charge in [0.25, 0.3) is 5.91 Å². The maximum Gasteiger partial charge on any atom is 0.309 e. The SMILES string of the molecule is CCOC(=O)C1CCN(C(=O)c2ncn3c2CO[C@@H](c2ccc(F)cc2)C3)CC1. The van der Waals surface area contributed by atoms with Gasteiger partial charge >= 0.3 is 5.97 Å². The number of esters is 1. The van der Waals surface area contributed by atoms with Crippen LogP contribution in [0.25, 0.3) is 0 Å². The number of benzene rings is 1. The molecule has 0 unspecified atom stereocenters. The molecule has 4 rings (SSSR count). The first-order valence-corrected chi connectivity index (χ1v) is 9.93. The zero-order chi connectivity index (χ0) is 20.4. The second-order valence-electron chi connectivity index (χ2n) is 7.36. The number of ether oxygens (including phenoxy) is 2. The molecule has 2 aromatic rings. The number of aromatic nitrogens is 2. The third-order valence-electron chi connectivity index (χ3n) is 5.58. The number of rotatable bonds is 4. The molecule has 0 saturated carbocycles. The lowest BCUT2D eigenvalue weighted by atomic mass is 9.96. The van der Waals surface area contributed by atoms with Crippen molar-refractivity contribution >= 4 is 11.9 Å². The Kier molecular flexibility index (Phi) is 5.62. The number of amides is 1. The molecule has 29 heavy (non-hydrogen) atoms. The predicted octanol–water partition coefficient (Wildman–Crippen LogP) is 2.71. The van der Waals surface area contributed by atoms with Crippen LogP contribution in [0.3, 0.4) is 0 Å². The fourth-order valence-electron chi connectivity index (χ4n) is 3.91. The molecule has 154 valence electrons. The Morgan fingerprint density at radius 2 is 1.97 bits per heavy atom. The monoisotopic (exact) mass is 401 g/mol. The highest BCUT2D eigenvalue weighted by molar-refractivity contribution is 5.93. The molecule has 1 amide bonds. The molecule has 2 aliphatic rings. The van der Waals surface area contributed by atoms with Crippen LogP contribution in [-0.4, -0.2) is 46.0 Å². The molecule has 0 aliphatic carbocycles. The lowest BCUT2D eigenvalue weighted by Gasteiger charge is -2.31. The fourth-order valence-corrected chi connectivity index (χ4v) is 3.91. The molecular formula is C21H24FN3O4. The number of carbonyl (C=O) groups is 2. The number of likely N-dealkylation sites (tertiary alicyclic amines) is 1. The van der Waals surface area contributed by atoms with Crippen molar-refractivity contribution in [2.75, 3.05) is 19.7 Å². The topological polar surface area (TPSA) is 73.7 Å². The Hall–Kier alpha value is -2.74. The number of carbonyl (C=O) groups excluding carboxylic acids is 2. The summed E-state index contributed by atoms with van der Waals surface area (Å²) in [6.45, 7) is 3.97. The molecule has 0 radical (unpaired) electrons. The third kappa shape index (κ3) is 4.03. The Labute approximate surface area is 168 Å². The summed E-state index contributed by atoms with van der Waals surface area (Å²) >= 11 is 0. The highest BCUT2D eigenvalue weighted by atomic mass is 19.1. The third-order valence-corrected chi connectivity index (χ3v) is 5.58. The molecular weight excluding hydrogens is 377 g/mol. The smallest absolute Gasteiger partial charge is 0.309 e. The van der Waals surface area contributed by atoms with Crippen LogP contribution in [0.4, 0.5) is 4.39 Å². The van der Waals surface area contributed by atoms with E-state index in [1.807, 2.05) is 4.57 Å². The maximum atomic E-state index is 13.1. The second kappa shape index (κ2) is 8.32. The van der Waals surface area contributed by atoms with Crippen LogP contribution >= 0.6 is 0 Å². The van der Waals surface area contributed by atoms with E-state index in [9.17, 15) is 14.0 Å². The van der Waals surface area contributed by atoms with E-state index in [2.05, 4.69) is 4.98 Å². The lowest BCUT2D eigenvalue weighted by Crippen LogP contribution is -2.41. The van der Waals surface area contributed by atoms with Crippen molar-refractivity contribution in [2.24, 2.45) is 5.92 Å². The first-order chi connectivity index (χ1) is 14.1. The van der Waals surface area contributed by atoms with Gasteiger partial charge in [0.05, 0.1) is 37.7 Å². The van der Waals surface area contributed by atoms with E-state index in [1.54, 1.807) is 30.3 Å². The van der Waals surface area contributed by atoms with Gasteiger partial charge in [0.2, 0.25) is 0 Å². The summed E-state index contributed by atoms with van der Waals surface area (Å²) in [5.74, 6) is -0.744. The van der Waals surface area contributed by atoms with Crippen molar-refractivity contribution in [3.05, 3.63) is 53.4 Å². The van der Waals surface area contributed by atoms with E-state index in [0.717, 1.165) is 11.3 Å². The summed E-state index contributed by atoms with van der Waals surface area (Å²) in [5, 5.41) is 0. The van der Waals surface area contributed by atoms with Crippen molar-refractivity contribution in [3.8, 4) is 0 Å². The predicted molar refractivity (Wildman–Crippen MR) is 101 cm³/mol. The van der Waals surface area contributed by atoms with Crippen LogP contribution in [-0.2, 0) is 27.4 Å². The Morgan fingerprint density at radius 1 is 1.24 bits per heavy atom. The summed E-state index contributed by atoms with van der Waals surface area (Å²) < 4.78 is 26.1. The maximum absolute atomic E-state index is 13.1. The van der Waals surface area contributed by atoms with Crippen LogP contribution in [0, 0.1) is 11.7 Å². The minimum absolute atomic E-state index is 0.134. The van der Waals surface area contributed by atoms with Crippen molar-refractivity contribution < 1.29 is 23.5 Å². The standard InChI is InChI=1S/C21H24FN3O4/c1-2-28-21(27)15-7-9-24(10-8-15)20(26)19-17-12-29-18(11-25(17)13-23-19)14-3-5-16(22)6-4-14/h3-6,13,15,18H,2,7-12H2,1H3/t18-/m1/s1. The average molecular weight is 401 g/mol. The van der Waals surface area contributed by atoms with Gasteiger partial charge in [-0.1, -0.05) is 12.1 Å². The molecule has 0 N–H and O–H groups in total. The van der Waals surface area contributed by atoms with Gasteiger partial charge in [0, 0.05) is 13.1 Å². The van der Waals surface area contributed by atoms with E-state index >= 15 is 0 Å². The molecule has 7 nitrogen and oxygen atoms in total. The van der Waals surface area contributed by atoms with Gasteiger partial charge < -0.3 is 18.9 Å². The van der Waals surface area contributed by atoms with Crippen molar-refractivity contribution in [1.29, 1.82) is 0 Å². The molecule has 1 atom stereocenters. The molecule has 1 aromatic carbocycles. The number of piperidine rings is 1. The van der Waals surface area contributed by atoms with Crippen LogP contribution in [0.2, 0.25) is 0 Å². The Morgan fingerprint density at radius 3 is 2.66 bits per heavy atom. The summed E-state index contributed by atoms with van der Waals surface area (Å²) in [7, 11) is 0. The highest BCUT2D eigenvalue weighted by Gasteiger charge is 2.32. The molecule has 1 saturated heterocycles. The number of nitrogens with zero attached hydrogens (tertiary/aromatic N) is 3. The number of halogens is 1. The minimum atomic E-state index is -0.285. The normalized spacial score (nSPS) is 19.7. The number of hydrogen-bond acceptors (Lipinski definition) is 5. The Bertz CT molecular complexity index is 888. The zero-order valence-electron chi connectivity index (χ0n) is 16.3. The van der Waals surface area contributed by atoms with Crippen LogP contribution in [0.5, 0.6) is 0 Å². The van der Waals surface area contributed by atoms with Crippen molar-refractivity contribution in [1.82, 2.24) is 14.5 Å². The molecule has 3 heterocycles. The minimum Gasteiger partial charge on any atom is -0.466 e. The lowest BCUT2D eigenvalue weighted by molar-refractivity contribution is -0.149. The number of hydrogen-bond donors (Lipinski definition) is 0. The van der Waals surface area contributed by atoms with Gasteiger partial charge in [0.15, 0.2) is 5.69 Å². The van der Waals surface area contributed by atoms with Crippen molar-refractivity contribution in [2.45, 2.75) is 39.0 Å². The summed E-state index contributed by atoms with van der Waals surface area (Å²) in [6.07, 6.45) is 2.65. The van der Waals surface area contributed by atoms with E-state index < -0.39 is 0 Å². The van der Waals surface area contributed by atoms with Crippen LogP contribution in [0.15, 0.2) is 30.6 Å². The summed E-state index contributed by atoms with van der Waals surface area (Å²) in [5.41, 5.74) is 2.04. The summed E-state index contributed by atoms with van der Waals surface area (Å²) in [6, 6.07) is 6.25. The molecule has 1 aromatic heterocycles. The van der Waals surface area contributed by atoms with E-state index in [1.165, 1.54) is 12.1 Å². The Balaban J connectivity index is 1.41. The van der Waals surface area contributed by atoms with E-state index in [0.29, 0.717) is 44.8 Å². The largest absolute Gasteiger partial charge is 0.466 e. The molecule has 0 bridgehead atoms. The average Bonchev–Trinajstić information content (AvgIpc) is 3.17. The van der Waals surface area contributed by atoms with Gasteiger partial charge in [-0.15, -0.1) is 0 Å². The zero-order valence-corrected chi connectivity index (χ0v) is 16.3. The van der Waals surface area contributed by atoms with Crippen molar-refractivity contribution in [3.63, 3.8) is 0 Å². The quantitative estimate of drug-likeness (QED) is 0.737. The highest BCUT2D eigenvalue weighted by Crippen LogP contribution is 2.29. The first-order valence-electron chi connectivity index (χ1n) is 9.93. The van der Waals surface area contributed by atoms with Gasteiger partial charge in [-0.2, -0.15) is 0 Å². The molecule has 1 fully saturated rings. The van der Waals surface area contributed by atoms with Gasteiger partial charge in [-0.05, 0) is 37.5 Å². The fraction of sp³-hybridized carbons (Fsp3) is 0.476. The summed E-state index contributed by atoms with van der Waals surface area (Å²) in [4.78, 5) is 30.9. The number of imidazole rings is 1. The first kappa shape index (κ1) is 19.6. The molecule has 8 heteroatoms. The van der Waals surface area contributed by atoms with E-state index in [-0.39, 0.29) is 36.3 Å². The van der Waals surface area contributed by atoms with Crippen LogP contribution < -0.4 is 0 Å². The van der Waals surface area contributed by atoms with Gasteiger partial charge in [-0.3, -0.25) is 9.59 Å². The van der Waals surface area contributed by atoms with E-state index in [4.69, 9.17) is 9.47 Å². The number of fused-ring (bicyclic) bond motifs is 1. The molecule has 0 spiro atoms. The van der Waals surface area contributed by atoms with Gasteiger partial charge in [0.1, 0.15) is 11.9 Å².